The fourth-order valence-electron chi connectivity index (χ4n) is 5.38. The van der Waals surface area contributed by atoms with Gasteiger partial charge in [-0.25, -0.2) is 19.2 Å². The second-order valence-electron chi connectivity index (χ2n) is 10.6. The molecule has 3 aliphatic rings. The molecule has 3 aromatic rings. The fourth-order valence-corrected chi connectivity index (χ4v) is 5.38. The van der Waals surface area contributed by atoms with Crippen molar-refractivity contribution in [2.45, 2.75) is 37.4 Å². The van der Waals surface area contributed by atoms with Crippen molar-refractivity contribution < 1.29 is 23.4 Å². The van der Waals surface area contributed by atoms with E-state index in [2.05, 4.69) is 32.6 Å². The van der Waals surface area contributed by atoms with Gasteiger partial charge in [-0.2, -0.15) is 4.98 Å². The lowest BCUT2D eigenvalue weighted by Gasteiger charge is -2.51. The van der Waals surface area contributed by atoms with Gasteiger partial charge in [-0.15, -0.1) is 6.42 Å². The van der Waals surface area contributed by atoms with Crippen LogP contribution in [0.5, 0.6) is 5.88 Å². The van der Waals surface area contributed by atoms with Gasteiger partial charge in [0.05, 0.1) is 30.7 Å². The Morgan fingerprint density at radius 1 is 1.28 bits per heavy atom. The Kier molecular flexibility index (Phi) is 6.22. The minimum Gasteiger partial charge on any atom is -0.455 e. The van der Waals surface area contributed by atoms with Gasteiger partial charge in [-0.1, -0.05) is 12.0 Å². The molecule has 4 heterocycles. The second-order valence-corrected chi connectivity index (χ2v) is 10.6. The Balaban J connectivity index is 1.29. The van der Waals surface area contributed by atoms with E-state index in [9.17, 15) is 4.79 Å². The van der Waals surface area contributed by atoms with Crippen molar-refractivity contribution in [1.29, 1.82) is 0 Å². The average molecular weight is 533 g/mol. The van der Waals surface area contributed by atoms with Crippen LogP contribution in [-0.4, -0.2) is 81.3 Å². The van der Waals surface area contributed by atoms with E-state index in [1.165, 1.54) is 18.7 Å². The third-order valence-electron chi connectivity index (χ3n) is 7.90. The van der Waals surface area contributed by atoms with Gasteiger partial charge in [0, 0.05) is 19.6 Å². The zero-order chi connectivity index (χ0) is 27.2. The van der Waals surface area contributed by atoms with Crippen molar-refractivity contribution >= 4 is 24.0 Å². The molecule has 1 amide bonds. The molecule has 1 saturated carbocycles. The van der Waals surface area contributed by atoms with E-state index < -0.39 is 11.4 Å². The summed E-state index contributed by atoms with van der Waals surface area (Å²) in [5.74, 6) is 2.04. The predicted molar refractivity (Wildman–Crippen MR) is 140 cm³/mol. The van der Waals surface area contributed by atoms with E-state index in [4.69, 9.17) is 20.6 Å². The Hall–Kier alpha value is -4.04. The highest BCUT2D eigenvalue weighted by atomic mass is 19.1. The molecule has 2 bridgehead atoms. The van der Waals surface area contributed by atoms with Gasteiger partial charge in [0.1, 0.15) is 24.1 Å². The molecule has 0 spiro atoms. The van der Waals surface area contributed by atoms with Crippen LogP contribution >= 0.6 is 0 Å². The second kappa shape index (κ2) is 9.61. The van der Waals surface area contributed by atoms with Crippen LogP contribution in [-0.2, 0) is 15.9 Å². The number of fused-ring (bicyclic) bond motifs is 3. The normalized spacial score (nSPS) is 25.1. The third kappa shape index (κ3) is 4.48. The molecule has 2 aliphatic heterocycles. The Morgan fingerprint density at radius 2 is 2.05 bits per heavy atom. The van der Waals surface area contributed by atoms with Gasteiger partial charge in [-0.3, -0.25) is 4.57 Å². The summed E-state index contributed by atoms with van der Waals surface area (Å²) >= 11 is 0. The molecule has 2 unspecified atom stereocenters. The molecule has 11 heteroatoms. The van der Waals surface area contributed by atoms with Crippen LogP contribution < -0.4 is 4.74 Å². The number of carbonyl (C=O) groups is 1. The van der Waals surface area contributed by atoms with Gasteiger partial charge < -0.3 is 24.1 Å². The maximum atomic E-state index is 15.1. The number of benzene rings is 1. The summed E-state index contributed by atoms with van der Waals surface area (Å²) in [4.78, 5) is 31.5. The standard InChI is InChI=1S/C28H29FN6O4/c1-4-28(19-12-34(13-20(28)15-37-14-19)26(36)39-27(2)8-9-27)38-25-23-24(31-16-32-25)35(17-33-23)22-6-5-18(7-10-30-3)11-21(22)29/h1,5-6,11,16-17,19-20H,3,7-10,12-15H2,2H3. The zero-order valence-corrected chi connectivity index (χ0v) is 21.7. The molecule has 2 saturated heterocycles. The molecular formula is C28H29FN6O4. The lowest BCUT2D eigenvalue weighted by atomic mass is 9.72. The molecular weight excluding hydrogens is 503 g/mol. The highest BCUT2D eigenvalue weighted by Gasteiger charge is 2.56. The van der Waals surface area contributed by atoms with Crippen molar-refractivity contribution in [3.63, 3.8) is 0 Å². The summed E-state index contributed by atoms with van der Waals surface area (Å²) in [6.45, 7) is 7.23. The van der Waals surface area contributed by atoms with E-state index in [1.54, 1.807) is 15.5 Å². The molecule has 202 valence electrons. The topological polar surface area (TPSA) is 104 Å². The van der Waals surface area contributed by atoms with Crippen LogP contribution in [0, 0.1) is 30.0 Å². The lowest BCUT2D eigenvalue weighted by Crippen LogP contribution is -2.66. The van der Waals surface area contributed by atoms with Crippen molar-refractivity contribution in [2.75, 3.05) is 32.8 Å². The highest BCUT2D eigenvalue weighted by molar-refractivity contribution is 5.78. The summed E-state index contributed by atoms with van der Waals surface area (Å²) in [7, 11) is 0. The number of halogens is 1. The first-order valence-electron chi connectivity index (χ1n) is 13.0. The number of aliphatic imine (C=N–C) groups is 1. The number of hydrogen-bond acceptors (Lipinski definition) is 8. The third-order valence-corrected chi connectivity index (χ3v) is 7.90. The summed E-state index contributed by atoms with van der Waals surface area (Å²) < 4.78 is 34.7. The predicted octanol–water partition coefficient (Wildman–Crippen LogP) is 3.22. The van der Waals surface area contributed by atoms with Crippen LogP contribution in [0.2, 0.25) is 0 Å². The molecule has 0 N–H and O–H groups in total. The number of piperidine rings is 1. The minimum atomic E-state index is -1.07. The van der Waals surface area contributed by atoms with Crippen LogP contribution in [0.4, 0.5) is 9.18 Å². The van der Waals surface area contributed by atoms with Gasteiger partial charge in [0.2, 0.25) is 5.88 Å². The van der Waals surface area contributed by atoms with Crippen molar-refractivity contribution in [3.8, 4) is 23.9 Å². The minimum absolute atomic E-state index is 0.198. The number of likely N-dealkylation sites (tertiary alicyclic amines) is 1. The molecule has 2 aromatic heterocycles. The van der Waals surface area contributed by atoms with Gasteiger partial charge >= 0.3 is 6.09 Å². The molecule has 3 fully saturated rings. The highest BCUT2D eigenvalue weighted by Crippen LogP contribution is 2.43. The number of aromatic nitrogens is 4. The number of hydrogen-bond donors (Lipinski definition) is 0. The number of amides is 1. The first-order valence-corrected chi connectivity index (χ1v) is 13.0. The van der Waals surface area contributed by atoms with Crippen LogP contribution in [0.1, 0.15) is 25.3 Å². The lowest BCUT2D eigenvalue weighted by molar-refractivity contribution is -0.145. The van der Waals surface area contributed by atoms with E-state index in [1.807, 2.05) is 13.0 Å². The van der Waals surface area contributed by atoms with Crippen molar-refractivity contribution in [1.82, 2.24) is 24.4 Å². The largest absolute Gasteiger partial charge is 0.455 e. The first-order chi connectivity index (χ1) is 18.9. The van der Waals surface area contributed by atoms with Crippen molar-refractivity contribution in [3.05, 3.63) is 42.2 Å². The maximum Gasteiger partial charge on any atom is 0.410 e. The fraction of sp³-hybridized carbons (Fsp3) is 0.464. The van der Waals surface area contributed by atoms with Gasteiger partial charge in [-0.05, 0) is 50.6 Å². The number of carbonyl (C=O) groups excluding carboxylic acids is 1. The molecule has 1 aliphatic carbocycles. The SMILES string of the molecule is C#CC1(Oc2ncnc3c2ncn3-c2ccc(CCN=C)cc2F)C2COCC1CN(C(=O)OC1(C)CC1)C2. The number of nitrogens with zero attached hydrogens (tertiary/aromatic N) is 6. The monoisotopic (exact) mass is 532 g/mol. The molecule has 2 atom stereocenters. The number of terminal acetylenes is 1. The molecule has 10 nitrogen and oxygen atoms in total. The van der Waals surface area contributed by atoms with E-state index in [-0.39, 0.29) is 29.4 Å². The van der Waals surface area contributed by atoms with Gasteiger partial charge in [0.25, 0.3) is 0 Å². The number of imidazole rings is 1. The van der Waals surface area contributed by atoms with Crippen LogP contribution in [0.3, 0.4) is 0 Å². The summed E-state index contributed by atoms with van der Waals surface area (Å²) in [6.07, 6.45) is 11.0. The number of rotatable bonds is 7. The average Bonchev–Trinajstić information content (AvgIpc) is 3.48. The Labute approximate surface area is 225 Å². The van der Waals surface area contributed by atoms with E-state index in [0.717, 1.165) is 18.4 Å². The maximum absolute atomic E-state index is 15.1. The van der Waals surface area contributed by atoms with Crippen molar-refractivity contribution in [2.24, 2.45) is 16.8 Å². The van der Waals surface area contributed by atoms with E-state index >= 15 is 4.39 Å². The van der Waals surface area contributed by atoms with Crippen LogP contribution in [0.15, 0.2) is 35.8 Å². The Bertz CT molecular complexity index is 1460. The zero-order valence-electron chi connectivity index (χ0n) is 21.7. The quantitative estimate of drug-likeness (QED) is 0.340. The van der Waals surface area contributed by atoms with Crippen LogP contribution in [0.25, 0.3) is 16.9 Å². The summed E-state index contributed by atoms with van der Waals surface area (Å²) in [5.41, 5.74) is 0.410. The molecule has 39 heavy (non-hydrogen) atoms. The smallest absolute Gasteiger partial charge is 0.410 e. The van der Waals surface area contributed by atoms with Gasteiger partial charge in [0.15, 0.2) is 16.8 Å². The van der Waals surface area contributed by atoms with E-state index in [0.29, 0.717) is 56.1 Å². The molecule has 6 rings (SSSR count). The molecule has 0 radical (unpaired) electrons. The number of ether oxygens (including phenoxy) is 3. The Morgan fingerprint density at radius 3 is 2.72 bits per heavy atom. The summed E-state index contributed by atoms with van der Waals surface area (Å²) in [6, 6.07) is 4.99. The summed E-state index contributed by atoms with van der Waals surface area (Å²) in [5, 5.41) is 0. The first kappa shape index (κ1) is 25.2. The molecule has 1 aromatic carbocycles.